The molecule has 2 N–H and O–H groups in total. The lowest BCUT2D eigenvalue weighted by Gasteiger charge is -2.36. The molecule has 1 aliphatic carbocycles. The first kappa shape index (κ1) is 17.1. The molecule has 0 spiro atoms. The molecule has 132 valence electrons. The van der Waals surface area contributed by atoms with E-state index in [4.69, 9.17) is 9.47 Å². The van der Waals surface area contributed by atoms with Crippen molar-refractivity contribution in [1.29, 1.82) is 0 Å². The largest absolute Gasteiger partial charge is 0.494 e. The van der Waals surface area contributed by atoms with Crippen LogP contribution in [0.25, 0.3) is 0 Å². The predicted molar refractivity (Wildman–Crippen MR) is 93.1 cm³/mol. The number of anilines is 1. The van der Waals surface area contributed by atoms with Gasteiger partial charge in [0.2, 0.25) is 0 Å². The Morgan fingerprint density at radius 2 is 1.92 bits per heavy atom. The Morgan fingerprint density at radius 3 is 2.60 bits per heavy atom. The van der Waals surface area contributed by atoms with Gasteiger partial charge >= 0.3 is 6.09 Å². The molecule has 2 aromatic rings. The molecule has 0 bridgehead atoms. The third kappa shape index (κ3) is 4.62. The average molecular weight is 344 g/mol. The van der Waals surface area contributed by atoms with E-state index in [9.17, 15) is 9.18 Å². The summed E-state index contributed by atoms with van der Waals surface area (Å²) in [6.07, 6.45) is 1.13. The molecule has 0 unspecified atom stereocenters. The summed E-state index contributed by atoms with van der Waals surface area (Å²) in [5, 5.41) is 6.08. The van der Waals surface area contributed by atoms with E-state index < -0.39 is 11.9 Å². The van der Waals surface area contributed by atoms with Crippen molar-refractivity contribution in [3.05, 3.63) is 59.9 Å². The summed E-state index contributed by atoms with van der Waals surface area (Å²) in [7, 11) is 1.44. The minimum Gasteiger partial charge on any atom is -0.494 e. The van der Waals surface area contributed by atoms with Gasteiger partial charge in [0.1, 0.15) is 6.61 Å². The van der Waals surface area contributed by atoms with Crippen molar-refractivity contribution < 1.29 is 18.7 Å². The van der Waals surface area contributed by atoms with Crippen molar-refractivity contribution >= 4 is 11.8 Å². The Labute approximate surface area is 146 Å². The Hall–Kier alpha value is -2.76. The predicted octanol–water partition coefficient (Wildman–Crippen LogP) is 3.70. The highest BCUT2D eigenvalue weighted by Crippen LogP contribution is 2.27. The number of amides is 1. The summed E-state index contributed by atoms with van der Waals surface area (Å²) in [6, 6.07) is 14.6. The molecule has 0 aliphatic heterocycles. The number of carbonyl (C=O) groups excluding carboxylic acids is 1. The van der Waals surface area contributed by atoms with Crippen LogP contribution in [0.15, 0.2) is 48.5 Å². The van der Waals surface area contributed by atoms with Crippen LogP contribution in [0.5, 0.6) is 5.75 Å². The van der Waals surface area contributed by atoms with Gasteiger partial charge in [-0.1, -0.05) is 30.3 Å². The van der Waals surface area contributed by atoms with E-state index >= 15 is 0 Å². The molecule has 0 radical (unpaired) electrons. The van der Waals surface area contributed by atoms with Crippen LogP contribution in [0.1, 0.15) is 18.4 Å². The zero-order chi connectivity index (χ0) is 17.6. The second kappa shape index (κ2) is 7.88. The van der Waals surface area contributed by atoms with Crippen LogP contribution in [0.3, 0.4) is 0 Å². The van der Waals surface area contributed by atoms with Crippen LogP contribution in [0.2, 0.25) is 0 Å². The first-order valence-electron chi connectivity index (χ1n) is 8.21. The molecule has 3 rings (SSSR count). The van der Waals surface area contributed by atoms with Crippen LogP contribution in [0, 0.1) is 5.82 Å². The number of ether oxygens (including phenoxy) is 2. The van der Waals surface area contributed by atoms with Crippen LogP contribution in [-0.4, -0.2) is 25.3 Å². The first-order valence-corrected chi connectivity index (χ1v) is 8.21. The van der Waals surface area contributed by atoms with Gasteiger partial charge in [-0.05, 0) is 30.5 Å². The van der Waals surface area contributed by atoms with Gasteiger partial charge in [0.15, 0.2) is 11.6 Å². The molecule has 0 atom stereocenters. The molecule has 1 aliphatic rings. The molecule has 2 aromatic carbocycles. The van der Waals surface area contributed by atoms with E-state index in [0.717, 1.165) is 18.4 Å². The summed E-state index contributed by atoms with van der Waals surface area (Å²) < 4.78 is 23.7. The Bertz CT molecular complexity index is 718. The topological polar surface area (TPSA) is 59.6 Å². The summed E-state index contributed by atoms with van der Waals surface area (Å²) >= 11 is 0. The van der Waals surface area contributed by atoms with Crippen molar-refractivity contribution in [3.63, 3.8) is 0 Å². The van der Waals surface area contributed by atoms with Gasteiger partial charge in [-0.15, -0.1) is 0 Å². The number of carbonyl (C=O) groups is 1. The zero-order valence-corrected chi connectivity index (χ0v) is 14.0. The third-order valence-corrected chi connectivity index (χ3v) is 4.20. The Morgan fingerprint density at radius 1 is 1.16 bits per heavy atom. The average Bonchev–Trinajstić information content (AvgIpc) is 2.59. The third-order valence-electron chi connectivity index (χ3n) is 4.20. The number of hydrogen-bond donors (Lipinski definition) is 2. The van der Waals surface area contributed by atoms with Gasteiger partial charge in [-0.3, -0.25) is 0 Å². The van der Waals surface area contributed by atoms with Crippen LogP contribution < -0.4 is 15.4 Å². The monoisotopic (exact) mass is 344 g/mol. The van der Waals surface area contributed by atoms with Gasteiger partial charge in [0.25, 0.3) is 0 Å². The number of benzene rings is 2. The van der Waals surface area contributed by atoms with E-state index in [-0.39, 0.29) is 24.4 Å². The van der Waals surface area contributed by atoms with E-state index in [1.54, 1.807) is 12.1 Å². The highest BCUT2D eigenvalue weighted by Gasteiger charge is 2.30. The molecule has 5 nitrogen and oxygen atoms in total. The summed E-state index contributed by atoms with van der Waals surface area (Å²) in [6.45, 7) is 0.256. The minimum absolute atomic E-state index is 0.0730. The molecule has 1 amide bonds. The highest BCUT2D eigenvalue weighted by atomic mass is 19.1. The zero-order valence-electron chi connectivity index (χ0n) is 14.0. The smallest absolute Gasteiger partial charge is 0.407 e. The molecule has 25 heavy (non-hydrogen) atoms. The lowest BCUT2D eigenvalue weighted by molar-refractivity contribution is 0.129. The molecule has 0 aromatic heterocycles. The van der Waals surface area contributed by atoms with Gasteiger partial charge < -0.3 is 20.1 Å². The minimum atomic E-state index is -0.414. The highest BCUT2D eigenvalue weighted by molar-refractivity contribution is 5.67. The summed E-state index contributed by atoms with van der Waals surface area (Å²) in [5.41, 5.74) is 1.65. The number of hydrogen-bond acceptors (Lipinski definition) is 4. The fraction of sp³-hybridized carbons (Fsp3) is 0.316. The van der Waals surface area contributed by atoms with Crippen molar-refractivity contribution in [1.82, 2.24) is 5.32 Å². The van der Waals surface area contributed by atoms with Gasteiger partial charge in [0.05, 0.1) is 7.11 Å². The van der Waals surface area contributed by atoms with Crippen LogP contribution >= 0.6 is 0 Å². The van der Waals surface area contributed by atoms with Gasteiger partial charge in [-0.2, -0.15) is 0 Å². The SMILES string of the molecule is COc1ccc(NC2CC(NC(=O)OCc3ccccc3)C2)cc1F. The Balaban J connectivity index is 1.38. The van der Waals surface area contributed by atoms with Crippen molar-refractivity contribution in [2.75, 3.05) is 12.4 Å². The molecule has 0 saturated heterocycles. The molecule has 1 saturated carbocycles. The number of alkyl carbamates (subject to hydrolysis) is 1. The number of rotatable bonds is 6. The summed E-state index contributed by atoms with van der Waals surface area (Å²) in [5.74, 6) is -0.175. The number of halogens is 1. The second-order valence-electron chi connectivity index (χ2n) is 6.06. The maximum absolute atomic E-state index is 13.7. The Kier molecular flexibility index (Phi) is 5.38. The van der Waals surface area contributed by atoms with E-state index in [1.807, 2.05) is 30.3 Å². The van der Waals surface area contributed by atoms with Crippen LogP contribution in [0.4, 0.5) is 14.9 Å². The van der Waals surface area contributed by atoms with E-state index in [2.05, 4.69) is 10.6 Å². The maximum atomic E-state index is 13.7. The maximum Gasteiger partial charge on any atom is 0.407 e. The van der Waals surface area contributed by atoms with Gasteiger partial charge in [0, 0.05) is 23.8 Å². The lowest BCUT2D eigenvalue weighted by Crippen LogP contribution is -2.49. The molecular formula is C19H21FN2O3. The normalized spacial score (nSPS) is 18.8. The molecule has 1 fully saturated rings. The lowest BCUT2D eigenvalue weighted by atomic mass is 9.86. The van der Waals surface area contributed by atoms with Crippen molar-refractivity contribution in [3.8, 4) is 5.75 Å². The second-order valence-corrected chi connectivity index (χ2v) is 6.06. The van der Waals surface area contributed by atoms with E-state index in [0.29, 0.717) is 5.69 Å². The number of methoxy groups -OCH3 is 1. The first-order chi connectivity index (χ1) is 12.1. The standard InChI is InChI=1S/C19H21FN2O3/c1-24-18-8-7-14(11-17(18)20)21-15-9-16(10-15)22-19(23)25-12-13-5-3-2-4-6-13/h2-8,11,15-16,21H,9-10,12H2,1H3,(H,22,23). The van der Waals surface area contributed by atoms with Gasteiger partial charge in [-0.25, -0.2) is 9.18 Å². The van der Waals surface area contributed by atoms with Crippen molar-refractivity contribution in [2.24, 2.45) is 0 Å². The summed E-state index contributed by atoms with van der Waals surface area (Å²) in [4.78, 5) is 11.8. The fourth-order valence-corrected chi connectivity index (χ4v) is 2.78. The number of nitrogens with one attached hydrogen (secondary N) is 2. The van der Waals surface area contributed by atoms with E-state index in [1.165, 1.54) is 13.2 Å². The van der Waals surface area contributed by atoms with Crippen LogP contribution in [-0.2, 0) is 11.3 Å². The molecular weight excluding hydrogens is 323 g/mol. The quantitative estimate of drug-likeness (QED) is 0.839. The molecule has 6 heteroatoms. The van der Waals surface area contributed by atoms with Crippen molar-refractivity contribution in [2.45, 2.75) is 31.5 Å². The molecule has 0 heterocycles. The fourth-order valence-electron chi connectivity index (χ4n) is 2.78.